The van der Waals surface area contributed by atoms with Crippen molar-refractivity contribution < 1.29 is 18.9 Å². The molecule has 2 atom stereocenters. The number of likely N-dealkylation sites (tertiary alicyclic amines) is 1. The third-order valence-electron chi connectivity index (χ3n) is 4.13. The van der Waals surface area contributed by atoms with E-state index in [-0.39, 0.29) is 36.0 Å². The third-order valence-corrected chi connectivity index (χ3v) is 4.13. The second-order valence-electron chi connectivity index (χ2n) is 5.63. The lowest BCUT2D eigenvalue weighted by Gasteiger charge is -2.19. The van der Waals surface area contributed by atoms with Gasteiger partial charge >= 0.3 is 0 Å². The van der Waals surface area contributed by atoms with Crippen LogP contribution in [0.5, 0.6) is 0 Å². The van der Waals surface area contributed by atoms with Gasteiger partial charge in [-0.05, 0) is 19.8 Å². The molecule has 2 fully saturated rings. The summed E-state index contributed by atoms with van der Waals surface area (Å²) in [6.07, 6.45) is 3.43. The summed E-state index contributed by atoms with van der Waals surface area (Å²) in [4.78, 5) is 37.5. The van der Waals surface area contributed by atoms with Crippen LogP contribution in [0.25, 0.3) is 0 Å². The van der Waals surface area contributed by atoms with Crippen LogP contribution in [0.15, 0.2) is 10.6 Å². The maximum atomic E-state index is 12.2. The molecule has 3 amide bonds. The van der Waals surface area contributed by atoms with E-state index in [1.165, 1.54) is 0 Å². The van der Waals surface area contributed by atoms with Crippen molar-refractivity contribution in [3.8, 4) is 0 Å². The Bertz CT molecular complexity index is 571. The van der Waals surface area contributed by atoms with Gasteiger partial charge in [0.2, 0.25) is 17.7 Å². The van der Waals surface area contributed by atoms with Gasteiger partial charge in [0.15, 0.2) is 5.82 Å². The Kier molecular flexibility index (Phi) is 3.48. The molecule has 1 aromatic rings. The number of amides is 3. The molecule has 1 saturated carbocycles. The Hall–Kier alpha value is -2.18. The lowest BCUT2D eigenvalue weighted by molar-refractivity contribution is -0.142. The van der Waals surface area contributed by atoms with E-state index in [9.17, 15) is 14.4 Å². The first kappa shape index (κ1) is 13.8. The smallest absolute Gasteiger partial charge is 0.245 e. The second-order valence-corrected chi connectivity index (χ2v) is 5.63. The van der Waals surface area contributed by atoms with Gasteiger partial charge < -0.3 is 9.84 Å². The van der Waals surface area contributed by atoms with E-state index in [1.54, 1.807) is 13.0 Å². The van der Waals surface area contributed by atoms with E-state index in [4.69, 9.17) is 4.52 Å². The molecule has 0 unspecified atom stereocenters. The first-order valence-electron chi connectivity index (χ1n) is 7.14. The maximum absolute atomic E-state index is 12.2. The minimum Gasteiger partial charge on any atom is -0.360 e. The van der Waals surface area contributed by atoms with Gasteiger partial charge in [-0.25, -0.2) is 0 Å². The molecule has 0 aromatic carbocycles. The third kappa shape index (κ3) is 2.55. The average molecular weight is 291 g/mol. The fourth-order valence-corrected chi connectivity index (χ4v) is 3.14. The molecule has 1 N–H and O–H groups in total. The number of aryl methyl sites for hydroxylation is 1. The highest BCUT2D eigenvalue weighted by Crippen LogP contribution is 2.37. The largest absolute Gasteiger partial charge is 0.360 e. The average Bonchev–Trinajstić information content (AvgIpc) is 2.97. The van der Waals surface area contributed by atoms with E-state index >= 15 is 0 Å². The summed E-state index contributed by atoms with van der Waals surface area (Å²) in [6, 6.07) is 1.57. The van der Waals surface area contributed by atoms with Crippen LogP contribution in [0.1, 0.15) is 31.4 Å². The van der Waals surface area contributed by atoms with Crippen LogP contribution in [0.3, 0.4) is 0 Å². The highest BCUT2D eigenvalue weighted by Gasteiger charge is 2.48. The van der Waals surface area contributed by atoms with Crippen molar-refractivity contribution >= 4 is 23.5 Å². The highest BCUT2D eigenvalue weighted by atomic mass is 16.5. The van der Waals surface area contributed by atoms with E-state index in [0.29, 0.717) is 5.76 Å². The fraction of sp³-hybridized carbons (Fsp3) is 0.571. The SMILES string of the molecule is Cc1cc(NC(=O)CN2C(=O)[C@@H]3CCCC[C@H]3C2=O)no1. The zero-order valence-corrected chi connectivity index (χ0v) is 11.8. The molecule has 7 heteroatoms. The molecule has 7 nitrogen and oxygen atoms in total. The number of nitrogens with zero attached hydrogens (tertiary/aromatic N) is 2. The summed E-state index contributed by atoms with van der Waals surface area (Å²) in [7, 11) is 0. The van der Waals surface area contributed by atoms with E-state index in [1.807, 2.05) is 0 Å². The highest BCUT2D eigenvalue weighted by molar-refractivity contribution is 6.08. The molecule has 112 valence electrons. The van der Waals surface area contributed by atoms with Crippen molar-refractivity contribution in [1.82, 2.24) is 10.1 Å². The second kappa shape index (κ2) is 5.31. The summed E-state index contributed by atoms with van der Waals surface area (Å²) in [6.45, 7) is 1.46. The number of carbonyl (C=O) groups is 3. The molecule has 3 rings (SSSR count). The maximum Gasteiger partial charge on any atom is 0.245 e. The number of carbonyl (C=O) groups excluding carboxylic acids is 3. The first-order chi connectivity index (χ1) is 10.1. The molecule has 0 spiro atoms. The van der Waals surface area contributed by atoms with Gasteiger partial charge in [-0.3, -0.25) is 19.3 Å². The van der Waals surface area contributed by atoms with Gasteiger partial charge in [0.05, 0.1) is 11.8 Å². The van der Waals surface area contributed by atoms with Crippen molar-refractivity contribution in [2.45, 2.75) is 32.6 Å². The molecule has 1 aromatic heterocycles. The topological polar surface area (TPSA) is 92.5 Å². The summed E-state index contributed by atoms with van der Waals surface area (Å²) < 4.78 is 4.84. The van der Waals surface area contributed by atoms with Crippen molar-refractivity contribution in [3.63, 3.8) is 0 Å². The fourth-order valence-electron chi connectivity index (χ4n) is 3.14. The van der Waals surface area contributed by atoms with Gasteiger partial charge in [-0.15, -0.1) is 0 Å². The molecular weight excluding hydrogens is 274 g/mol. The van der Waals surface area contributed by atoms with Gasteiger partial charge in [-0.1, -0.05) is 18.0 Å². The number of aromatic nitrogens is 1. The van der Waals surface area contributed by atoms with Crippen LogP contribution in [0, 0.1) is 18.8 Å². The van der Waals surface area contributed by atoms with E-state index in [2.05, 4.69) is 10.5 Å². The van der Waals surface area contributed by atoms with Crippen LogP contribution in [-0.4, -0.2) is 34.3 Å². The molecular formula is C14H17N3O4. The zero-order chi connectivity index (χ0) is 15.0. The summed E-state index contributed by atoms with van der Waals surface area (Å²) in [5, 5.41) is 6.17. The lowest BCUT2D eigenvalue weighted by atomic mass is 9.81. The normalized spacial score (nSPS) is 25.1. The van der Waals surface area contributed by atoms with Crippen molar-refractivity contribution in [1.29, 1.82) is 0 Å². The molecule has 1 aliphatic carbocycles. The number of anilines is 1. The van der Waals surface area contributed by atoms with E-state index < -0.39 is 5.91 Å². The quantitative estimate of drug-likeness (QED) is 0.842. The number of hydrogen-bond acceptors (Lipinski definition) is 5. The molecule has 1 aliphatic heterocycles. The number of nitrogens with one attached hydrogen (secondary N) is 1. The summed E-state index contributed by atoms with van der Waals surface area (Å²) in [5.74, 6) is -0.462. The molecule has 2 aliphatic rings. The molecule has 0 radical (unpaired) electrons. The monoisotopic (exact) mass is 291 g/mol. The molecule has 0 bridgehead atoms. The van der Waals surface area contributed by atoms with Crippen LogP contribution < -0.4 is 5.32 Å². The zero-order valence-electron chi connectivity index (χ0n) is 11.8. The minimum absolute atomic E-state index is 0.212. The van der Waals surface area contributed by atoms with Gasteiger partial charge in [0, 0.05) is 6.07 Å². The predicted molar refractivity (Wildman–Crippen MR) is 72.0 cm³/mol. The van der Waals surface area contributed by atoms with Crippen LogP contribution in [0.4, 0.5) is 5.82 Å². The van der Waals surface area contributed by atoms with E-state index in [0.717, 1.165) is 30.6 Å². The summed E-state index contributed by atoms with van der Waals surface area (Å²) >= 11 is 0. The molecule has 21 heavy (non-hydrogen) atoms. The Balaban J connectivity index is 1.65. The van der Waals surface area contributed by atoms with Gasteiger partial charge in [0.25, 0.3) is 0 Å². The van der Waals surface area contributed by atoms with Crippen molar-refractivity contribution in [2.75, 3.05) is 11.9 Å². The first-order valence-corrected chi connectivity index (χ1v) is 7.14. The van der Waals surface area contributed by atoms with Crippen LogP contribution in [-0.2, 0) is 14.4 Å². The van der Waals surface area contributed by atoms with Crippen molar-refractivity contribution in [2.24, 2.45) is 11.8 Å². The Morgan fingerprint density at radius 2 is 1.95 bits per heavy atom. The molecule has 2 heterocycles. The Morgan fingerprint density at radius 1 is 1.33 bits per heavy atom. The van der Waals surface area contributed by atoms with Crippen LogP contribution >= 0.6 is 0 Å². The number of rotatable bonds is 3. The van der Waals surface area contributed by atoms with Gasteiger partial charge in [-0.2, -0.15) is 0 Å². The molecule has 1 saturated heterocycles. The van der Waals surface area contributed by atoms with Crippen molar-refractivity contribution in [3.05, 3.63) is 11.8 Å². The number of imide groups is 1. The summed E-state index contributed by atoms with van der Waals surface area (Å²) in [5.41, 5.74) is 0. The van der Waals surface area contributed by atoms with Crippen LogP contribution in [0.2, 0.25) is 0 Å². The standard InChI is InChI=1S/C14H17N3O4/c1-8-6-11(16-21-8)15-12(18)7-17-13(19)9-4-2-3-5-10(9)14(17)20/h6,9-10H,2-5,7H2,1H3,(H,15,16,18)/t9-,10-/m1/s1. The predicted octanol–water partition coefficient (Wildman–Crippen LogP) is 1.10. The van der Waals surface area contributed by atoms with Gasteiger partial charge in [0.1, 0.15) is 12.3 Å². The Morgan fingerprint density at radius 3 is 2.48 bits per heavy atom. The lowest BCUT2D eigenvalue weighted by Crippen LogP contribution is -2.38. The number of fused-ring (bicyclic) bond motifs is 1. The Labute approximate surface area is 121 Å². The number of hydrogen-bond donors (Lipinski definition) is 1. The minimum atomic E-state index is -0.441.